The van der Waals surface area contributed by atoms with Crippen molar-refractivity contribution in [2.75, 3.05) is 33.7 Å². The molecule has 1 aliphatic rings. The molecule has 14 heavy (non-hydrogen) atoms. The van der Waals surface area contributed by atoms with Crippen LogP contribution in [0.15, 0.2) is 0 Å². The van der Waals surface area contributed by atoms with Crippen LogP contribution in [0.3, 0.4) is 0 Å². The van der Waals surface area contributed by atoms with Crippen LogP contribution >= 0.6 is 0 Å². The second-order valence-electron chi connectivity index (χ2n) is 3.72. The van der Waals surface area contributed by atoms with Gasteiger partial charge in [-0.05, 0) is 14.1 Å². The highest BCUT2D eigenvalue weighted by Crippen LogP contribution is 2.09. The highest BCUT2D eigenvalue weighted by atomic mass is 16.3. The summed E-state index contributed by atoms with van der Waals surface area (Å²) in [5, 5.41) is 9.20. The van der Waals surface area contributed by atoms with Crippen LogP contribution in [0.1, 0.15) is 6.42 Å². The smallest absolute Gasteiger partial charge is 0.226 e. The van der Waals surface area contributed by atoms with Crippen LogP contribution < -0.4 is 0 Å². The summed E-state index contributed by atoms with van der Waals surface area (Å²) in [4.78, 5) is 14.8. The monoisotopic (exact) mass is 196 g/mol. The Bertz CT molecular complexity index is 265. The average Bonchev–Trinajstić information content (AvgIpc) is 2.39. The van der Waals surface area contributed by atoms with Gasteiger partial charge in [-0.3, -0.25) is 9.69 Å². The lowest BCUT2D eigenvalue weighted by atomic mass is 10.3. The molecule has 0 radical (unpaired) electrons. The van der Waals surface area contributed by atoms with E-state index in [2.05, 4.69) is 11.8 Å². The first-order valence-electron chi connectivity index (χ1n) is 4.66. The molecule has 0 spiro atoms. The van der Waals surface area contributed by atoms with Crippen LogP contribution in [-0.2, 0) is 4.79 Å². The van der Waals surface area contributed by atoms with Gasteiger partial charge in [0, 0.05) is 6.54 Å². The number of hydrogen-bond acceptors (Lipinski definition) is 3. The summed E-state index contributed by atoms with van der Waals surface area (Å²) in [5.74, 6) is 5.86. The predicted molar refractivity (Wildman–Crippen MR) is 53.5 cm³/mol. The van der Waals surface area contributed by atoms with Gasteiger partial charge in [-0.2, -0.15) is 0 Å². The van der Waals surface area contributed by atoms with Gasteiger partial charge in [-0.25, -0.2) is 0 Å². The molecule has 0 aromatic rings. The fourth-order valence-electron chi connectivity index (χ4n) is 1.27. The van der Waals surface area contributed by atoms with E-state index in [0.717, 1.165) is 0 Å². The summed E-state index contributed by atoms with van der Waals surface area (Å²) in [6, 6.07) is 0. The lowest BCUT2D eigenvalue weighted by molar-refractivity contribution is -0.127. The molecule has 1 rings (SSSR count). The third kappa shape index (κ3) is 3.36. The third-order valence-electron chi connectivity index (χ3n) is 1.98. The van der Waals surface area contributed by atoms with Gasteiger partial charge in [-0.15, -0.1) is 0 Å². The van der Waals surface area contributed by atoms with E-state index in [9.17, 15) is 9.90 Å². The molecule has 4 nitrogen and oxygen atoms in total. The zero-order valence-corrected chi connectivity index (χ0v) is 8.66. The molecule has 0 aliphatic carbocycles. The number of hydrogen-bond donors (Lipinski definition) is 1. The van der Waals surface area contributed by atoms with Gasteiger partial charge < -0.3 is 10.0 Å². The normalized spacial score (nSPS) is 21.3. The van der Waals surface area contributed by atoms with Crippen LogP contribution in [0, 0.1) is 11.8 Å². The summed E-state index contributed by atoms with van der Waals surface area (Å²) < 4.78 is 0. The standard InChI is InChI=1S/C10H16N2O2/c1-11(2)5-3-4-6-12-8-9(13)7-10(12)14/h9,13H,5-8H2,1-2H3/t9-/m1/s1. The predicted octanol–water partition coefficient (Wildman–Crippen LogP) is -0.855. The molecule has 0 unspecified atom stereocenters. The number of nitrogens with zero attached hydrogens (tertiary/aromatic N) is 2. The van der Waals surface area contributed by atoms with Crippen LogP contribution in [0.5, 0.6) is 0 Å². The number of amides is 1. The number of carbonyl (C=O) groups excluding carboxylic acids is 1. The molecule has 1 atom stereocenters. The minimum atomic E-state index is -0.502. The lowest BCUT2D eigenvalue weighted by Gasteiger charge is -2.10. The summed E-state index contributed by atoms with van der Waals surface area (Å²) in [6.45, 7) is 1.56. The number of aliphatic hydroxyl groups is 1. The van der Waals surface area contributed by atoms with Crippen molar-refractivity contribution in [3.8, 4) is 11.8 Å². The summed E-state index contributed by atoms with van der Waals surface area (Å²) in [6.07, 6.45) is -0.256. The van der Waals surface area contributed by atoms with Crippen molar-refractivity contribution in [1.29, 1.82) is 0 Å². The molecule has 1 saturated heterocycles. The molecular weight excluding hydrogens is 180 g/mol. The Labute approximate surface area is 84.5 Å². The SMILES string of the molecule is CN(C)CC#CCN1C[C@H](O)CC1=O. The minimum Gasteiger partial charge on any atom is -0.391 e. The van der Waals surface area contributed by atoms with E-state index in [1.54, 1.807) is 4.90 Å². The van der Waals surface area contributed by atoms with Gasteiger partial charge in [0.05, 0.1) is 25.6 Å². The molecule has 78 valence electrons. The Morgan fingerprint density at radius 3 is 2.79 bits per heavy atom. The molecule has 0 bridgehead atoms. The van der Waals surface area contributed by atoms with Crippen molar-refractivity contribution in [1.82, 2.24) is 9.80 Å². The van der Waals surface area contributed by atoms with Crippen molar-refractivity contribution in [2.24, 2.45) is 0 Å². The summed E-state index contributed by atoms with van der Waals surface area (Å²) >= 11 is 0. The molecule has 0 aromatic carbocycles. The lowest BCUT2D eigenvalue weighted by Crippen LogP contribution is -2.26. The maximum atomic E-state index is 11.2. The zero-order valence-electron chi connectivity index (χ0n) is 8.66. The molecular formula is C10H16N2O2. The van der Waals surface area contributed by atoms with Gasteiger partial charge in [-0.1, -0.05) is 11.8 Å². The highest BCUT2D eigenvalue weighted by Gasteiger charge is 2.26. The van der Waals surface area contributed by atoms with Crippen molar-refractivity contribution in [3.05, 3.63) is 0 Å². The molecule has 1 aliphatic heterocycles. The first-order chi connectivity index (χ1) is 6.59. The number of β-amino-alcohol motifs (C(OH)–C–C–N with tert-alkyl or cyclic N) is 1. The van der Waals surface area contributed by atoms with Crippen LogP contribution in [0.4, 0.5) is 0 Å². The second-order valence-corrected chi connectivity index (χ2v) is 3.72. The van der Waals surface area contributed by atoms with Crippen molar-refractivity contribution < 1.29 is 9.90 Å². The molecule has 1 fully saturated rings. The number of aliphatic hydroxyl groups excluding tert-OH is 1. The minimum absolute atomic E-state index is 0.00310. The molecule has 1 heterocycles. The van der Waals surface area contributed by atoms with Crippen molar-refractivity contribution in [3.63, 3.8) is 0 Å². The van der Waals surface area contributed by atoms with Crippen LogP contribution in [-0.4, -0.2) is 60.6 Å². The van der Waals surface area contributed by atoms with E-state index < -0.39 is 6.10 Å². The van der Waals surface area contributed by atoms with E-state index in [-0.39, 0.29) is 12.3 Å². The second kappa shape index (κ2) is 4.99. The number of likely N-dealkylation sites (tertiary alicyclic amines) is 1. The zero-order chi connectivity index (χ0) is 10.6. The van der Waals surface area contributed by atoms with E-state index in [1.165, 1.54) is 0 Å². The maximum absolute atomic E-state index is 11.2. The Hall–Kier alpha value is -1.05. The summed E-state index contributed by atoms with van der Waals surface area (Å²) in [5.41, 5.74) is 0. The largest absolute Gasteiger partial charge is 0.391 e. The van der Waals surface area contributed by atoms with E-state index in [0.29, 0.717) is 19.6 Å². The van der Waals surface area contributed by atoms with Gasteiger partial charge in [0.25, 0.3) is 0 Å². The highest BCUT2D eigenvalue weighted by molar-refractivity contribution is 5.79. The third-order valence-corrected chi connectivity index (χ3v) is 1.98. The molecule has 0 saturated carbocycles. The summed E-state index contributed by atoms with van der Waals surface area (Å²) in [7, 11) is 3.89. The van der Waals surface area contributed by atoms with Gasteiger partial charge in [0.2, 0.25) is 5.91 Å². The topological polar surface area (TPSA) is 43.8 Å². The van der Waals surface area contributed by atoms with Crippen molar-refractivity contribution >= 4 is 5.91 Å². The Kier molecular flexibility index (Phi) is 3.93. The van der Waals surface area contributed by atoms with Gasteiger partial charge in [0.15, 0.2) is 0 Å². The van der Waals surface area contributed by atoms with E-state index in [4.69, 9.17) is 0 Å². The van der Waals surface area contributed by atoms with E-state index in [1.807, 2.05) is 19.0 Å². The molecule has 1 amide bonds. The fraction of sp³-hybridized carbons (Fsp3) is 0.700. The first kappa shape index (κ1) is 11.0. The molecule has 0 aromatic heterocycles. The van der Waals surface area contributed by atoms with Gasteiger partial charge >= 0.3 is 0 Å². The number of carbonyl (C=O) groups is 1. The quantitative estimate of drug-likeness (QED) is 0.585. The Morgan fingerprint density at radius 1 is 1.57 bits per heavy atom. The van der Waals surface area contributed by atoms with Crippen molar-refractivity contribution in [2.45, 2.75) is 12.5 Å². The first-order valence-corrected chi connectivity index (χ1v) is 4.66. The number of rotatable bonds is 2. The molecule has 4 heteroatoms. The van der Waals surface area contributed by atoms with Crippen LogP contribution in [0.25, 0.3) is 0 Å². The molecule has 1 N–H and O–H groups in total. The average molecular weight is 196 g/mol. The Balaban J connectivity index is 2.30. The van der Waals surface area contributed by atoms with Crippen LogP contribution in [0.2, 0.25) is 0 Å². The Morgan fingerprint density at radius 2 is 2.29 bits per heavy atom. The maximum Gasteiger partial charge on any atom is 0.226 e. The van der Waals surface area contributed by atoms with E-state index >= 15 is 0 Å². The van der Waals surface area contributed by atoms with Gasteiger partial charge in [0.1, 0.15) is 0 Å². The fourth-order valence-corrected chi connectivity index (χ4v) is 1.27.